The molecule has 182 valence electrons. The van der Waals surface area contributed by atoms with Crippen molar-refractivity contribution in [1.29, 1.82) is 0 Å². The second-order valence-electron chi connectivity index (χ2n) is 8.26. The van der Waals surface area contributed by atoms with Crippen LogP contribution in [0.5, 0.6) is 11.5 Å². The number of aliphatic hydroxyl groups is 1. The molecule has 1 aromatic heterocycles. The minimum atomic E-state index is -1.00. The average Bonchev–Trinajstić information content (AvgIpc) is 3.41. The van der Waals surface area contributed by atoms with Crippen LogP contribution < -0.4 is 14.4 Å². The van der Waals surface area contributed by atoms with E-state index in [9.17, 15) is 19.1 Å². The molecular weight excluding hydrogens is 483 g/mol. The average molecular weight is 505 g/mol. The van der Waals surface area contributed by atoms with Crippen molar-refractivity contribution in [2.75, 3.05) is 19.1 Å². The van der Waals surface area contributed by atoms with Gasteiger partial charge in [0, 0.05) is 5.56 Å². The molecule has 1 aliphatic rings. The van der Waals surface area contributed by atoms with E-state index in [1.807, 2.05) is 25.1 Å². The minimum Gasteiger partial charge on any atom is -0.507 e. The summed E-state index contributed by atoms with van der Waals surface area (Å²) in [4.78, 5) is 32.6. The van der Waals surface area contributed by atoms with Crippen LogP contribution in [0.1, 0.15) is 22.7 Å². The third-order valence-corrected chi connectivity index (χ3v) is 7.04. The first kappa shape index (κ1) is 23.5. The Morgan fingerprint density at radius 3 is 2.42 bits per heavy atom. The zero-order valence-corrected chi connectivity index (χ0v) is 20.4. The van der Waals surface area contributed by atoms with E-state index in [1.54, 1.807) is 18.2 Å². The number of ether oxygens (including phenoxy) is 2. The number of amides is 1. The summed E-state index contributed by atoms with van der Waals surface area (Å²) in [7, 11) is 2.98. The largest absolute Gasteiger partial charge is 0.507 e. The first-order valence-electron chi connectivity index (χ1n) is 11.0. The summed E-state index contributed by atoms with van der Waals surface area (Å²) in [5.74, 6) is -1.74. The van der Waals surface area contributed by atoms with Gasteiger partial charge in [0.05, 0.1) is 36.1 Å². The van der Waals surface area contributed by atoms with Crippen LogP contribution in [0.3, 0.4) is 0 Å². The maximum atomic E-state index is 13.5. The van der Waals surface area contributed by atoms with Crippen molar-refractivity contribution >= 4 is 44.1 Å². The number of nitrogens with zero attached hydrogens (tertiary/aromatic N) is 2. The number of ketones is 1. The molecule has 0 aliphatic carbocycles. The number of hydrogen-bond acceptors (Lipinski definition) is 7. The van der Waals surface area contributed by atoms with Crippen molar-refractivity contribution in [3.8, 4) is 11.5 Å². The molecule has 0 radical (unpaired) electrons. The SMILES string of the molecule is COc1ccc([C@@H]2/C(=C(\O)c3ccc(F)cc3)C(=O)C(=O)N2c2nc3ccc(C)cc3s2)cc1OC. The summed E-state index contributed by atoms with van der Waals surface area (Å²) in [6.45, 7) is 1.96. The van der Waals surface area contributed by atoms with Gasteiger partial charge in [-0.15, -0.1) is 0 Å². The number of benzene rings is 3. The summed E-state index contributed by atoms with van der Waals surface area (Å²) in [5.41, 5.74) is 2.31. The van der Waals surface area contributed by atoms with Crippen LogP contribution in [0, 0.1) is 12.7 Å². The van der Waals surface area contributed by atoms with Gasteiger partial charge in [0.1, 0.15) is 11.6 Å². The Morgan fingerprint density at radius 1 is 1.00 bits per heavy atom. The standard InChI is InChI=1S/C27H21FN2O5S/c1-14-4-10-18-21(12-14)36-27(29-18)30-23(16-7-11-19(34-2)20(13-16)35-3)22(25(32)26(30)33)24(31)15-5-8-17(28)9-6-15/h4-13,23,31H,1-3H3/b24-22+/t23-/m1/s1. The van der Waals surface area contributed by atoms with Crippen LogP contribution >= 0.6 is 11.3 Å². The number of anilines is 1. The maximum absolute atomic E-state index is 13.5. The van der Waals surface area contributed by atoms with Gasteiger partial charge in [-0.1, -0.05) is 23.5 Å². The Morgan fingerprint density at radius 2 is 1.72 bits per heavy atom. The maximum Gasteiger partial charge on any atom is 0.301 e. The highest BCUT2D eigenvalue weighted by molar-refractivity contribution is 7.22. The molecule has 9 heteroatoms. The normalized spacial score (nSPS) is 17.1. The highest BCUT2D eigenvalue weighted by atomic mass is 32.1. The number of thiazole rings is 1. The summed E-state index contributed by atoms with van der Waals surface area (Å²) >= 11 is 1.27. The fraction of sp³-hybridized carbons (Fsp3) is 0.148. The van der Waals surface area contributed by atoms with Crippen LogP contribution in [0.15, 0.2) is 66.2 Å². The molecule has 2 heterocycles. The molecular formula is C27H21FN2O5S. The second kappa shape index (κ2) is 9.09. The second-order valence-corrected chi connectivity index (χ2v) is 9.27. The molecule has 0 unspecified atom stereocenters. The Bertz CT molecular complexity index is 1540. The third kappa shape index (κ3) is 3.87. The predicted molar refractivity (Wildman–Crippen MR) is 135 cm³/mol. The molecule has 1 fully saturated rings. The number of carbonyl (C=O) groups excluding carboxylic acids is 2. The number of aromatic nitrogens is 1. The van der Waals surface area contributed by atoms with Crippen molar-refractivity contribution in [3.05, 3.63) is 88.7 Å². The van der Waals surface area contributed by atoms with E-state index in [4.69, 9.17) is 9.47 Å². The van der Waals surface area contributed by atoms with Gasteiger partial charge in [0.2, 0.25) is 0 Å². The molecule has 1 saturated heterocycles. The van der Waals surface area contributed by atoms with Crippen molar-refractivity contribution in [1.82, 2.24) is 4.98 Å². The number of rotatable bonds is 5. The number of aliphatic hydroxyl groups excluding tert-OH is 1. The lowest BCUT2D eigenvalue weighted by atomic mass is 9.95. The number of aryl methyl sites for hydroxylation is 1. The van der Waals surface area contributed by atoms with Crippen molar-refractivity contribution in [2.24, 2.45) is 0 Å². The van der Waals surface area contributed by atoms with Gasteiger partial charge >= 0.3 is 5.91 Å². The van der Waals surface area contributed by atoms with Gasteiger partial charge in [-0.25, -0.2) is 9.37 Å². The third-order valence-electron chi connectivity index (χ3n) is 6.02. The minimum absolute atomic E-state index is 0.130. The van der Waals surface area contributed by atoms with Crippen molar-refractivity contribution in [3.63, 3.8) is 0 Å². The quantitative estimate of drug-likeness (QED) is 0.223. The van der Waals surface area contributed by atoms with E-state index in [2.05, 4.69) is 4.98 Å². The van der Waals surface area contributed by atoms with Crippen LogP contribution in [0.25, 0.3) is 16.0 Å². The van der Waals surface area contributed by atoms with E-state index in [0.29, 0.717) is 27.7 Å². The van der Waals surface area contributed by atoms with Gasteiger partial charge in [-0.3, -0.25) is 14.5 Å². The molecule has 1 amide bonds. The van der Waals surface area contributed by atoms with Crippen molar-refractivity contribution in [2.45, 2.75) is 13.0 Å². The number of halogens is 1. The Labute approximate surface area is 210 Å². The number of hydrogen-bond donors (Lipinski definition) is 1. The fourth-order valence-corrected chi connectivity index (χ4v) is 5.34. The van der Waals surface area contributed by atoms with E-state index >= 15 is 0 Å². The van der Waals surface area contributed by atoms with E-state index in [-0.39, 0.29) is 11.1 Å². The highest BCUT2D eigenvalue weighted by Gasteiger charge is 2.48. The fourth-order valence-electron chi connectivity index (χ4n) is 4.25. The summed E-state index contributed by atoms with van der Waals surface area (Å²) < 4.78 is 25.1. The molecule has 5 rings (SSSR count). The lowest BCUT2D eigenvalue weighted by molar-refractivity contribution is -0.132. The molecule has 1 N–H and O–H groups in total. The van der Waals surface area contributed by atoms with Crippen LogP contribution in [-0.4, -0.2) is 36.0 Å². The van der Waals surface area contributed by atoms with Gasteiger partial charge in [-0.2, -0.15) is 0 Å². The first-order valence-corrected chi connectivity index (χ1v) is 11.8. The highest BCUT2D eigenvalue weighted by Crippen LogP contribution is 2.45. The Kier molecular flexibility index (Phi) is 5.93. The van der Waals surface area contributed by atoms with Gasteiger partial charge in [0.15, 0.2) is 16.6 Å². The van der Waals surface area contributed by atoms with Crippen LogP contribution in [-0.2, 0) is 9.59 Å². The molecule has 0 saturated carbocycles. The summed E-state index contributed by atoms with van der Waals surface area (Å²) in [5, 5.41) is 11.5. The predicted octanol–water partition coefficient (Wildman–Crippen LogP) is 5.39. The number of Topliss-reactive ketones (excluding diaryl/α,β-unsaturated/α-hetero) is 1. The lowest BCUT2D eigenvalue weighted by Gasteiger charge is -2.23. The van der Waals surface area contributed by atoms with Crippen molar-refractivity contribution < 1.29 is 28.6 Å². The summed E-state index contributed by atoms with van der Waals surface area (Å²) in [6, 6.07) is 14.8. The van der Waals surface area contributed by atoms with Crippen LogP contribution in [0.4, 0.5) is 9.52 Å². The monoisotopic (exact) mass is 504 g/mol. The zero-order valence-electron chi connectivity index (χ0n) is 19.6. The van der Waals surface area contributed by atoms with E-state index < -0.39 is 29.3 Å². The zero-order chi connectivity index (χ0) is 25.6. The smallest absolute Gasteiger partial charge is 0.301 e. The molecule has 3 aromatic carbocycles. The molecule has 0 bridgehead atoms. The Hall–Kier alpha value is -4.24. The number of methoxy groups -OCH3 is 2. The van der Waals surface area contributed by atoms with Crippen LogP contribution in [0.2, 0.25) is 0 Å². The van der Waals surface area contributed by atoms with Gasteiger partial charge in [0.25, 0.3) is 5.78 Å². The van der Waals surface area contributed by atoms with E-state index in [0.717, 1.165) is 10.3 Å². The first-order chi connectivity index (χ1) is 17.3. The Balaban J connectivity index is 1.75. The molecule has 1 aliphatic heterocycles. The molecule has 36 heavy (non-hydrogen) atoms. The lowest BCUT2D eigenvalue weighted by Crippen LogP contribution is -2.29. The number of fused-ring (bicyclic) bond motifs is 1. The molecule has 1 atom stereocenters. The van der Waals surface area contributed by atoms with E-state index in [1.165, 1.54) is 54.7 Å². The van der Waals surface area contributed by atoms with Gasteiger partial charge < -0.3 is 14.6 Å². The topological polar surface area (TPSA) is 89.0 Å². The number of carbonyl (C=O) groups is 2. The summed E-state index contributed by atoms with van der Waals surface area (Å²) in [6.07, 6.45) is 0. The van der Waals surface area contributed by atoms with Gasteiger partial charge in [-0.05, 0) is 66.6 Å². The molecule has 7 nitrogen and oxygen atoms in total. The molecule has 4 aromatic rings. The molecule has 0 spiro atoms.